The van der Waals surface area contributed by atoms with Gasteiger partial charge in [0, 0.05) is 23.5 Å². The summed E-state index contributed by atoms with van der Waals surface area (Å²) in [6.45, 7) is 16.3. The van der Waals surface area contributed by atoms with Gasteiger partial charge in [-0.05, 0) is 39.9 Å². The average molecular weight is 546 g/mol. The summed E-state index contributed by atoms with van der Waals surface area (Å²) >= 11 is 1.73. The Labute approximate surface area is 202 Å². The number of halogens is 1. The topological polar surface area (TPSA) is 61.8 Å². The van der Waals surface area contributed by atoms with Crippen molar-refractivity contribution in [2.75, 3.05) is 32.8 Å². The van der Waals surface area contributed by atoms with E-state index in [9.17, 15) is 0 Å². The highest BCUT2D eigenvalue weighted by Crippen LogP contribution is 2.19. The third kappa shape index (κ3) is 8.77. The molecule has 0 fully saturated rings. The Hall–Kier alpha value is -1.39. The van der Waals surface area contributed by atoms with Crippen LogP contribution in [0.2, 0.25) is 0 Å². The van der Waals surface area contributed by atoms with Gasteiger partial charge < -0.3 is 20.3 Å². The van der Waals surface area contributed by atoms with Crippen LogP contribution < -0.4 is 15.4 Å². The van der Waals surface area contributed by atoms with Gasteiger partial charge in [-0.1, -0.05) is 32.0 Å². The second kappa shape index (κ2) is 14.6. The third-order valence-corrected chi connectivity index (χ3v) is 5.84. The number of aliphatic imine (C=N–C) groups is 1. The predicted molar refractivity (Wildman–Crippen MR) is 138 cm³/mol. The van der Waals surface area contributed by atoms with Crippen molar-refractivity contribution in [1.29, 1.82) is 0 Å². The minimum Gasteiger partial charge on any atom is -0.492 e. The summed E-state index contributed by atoms with van der Waals surface area (Å²) in [7, 11) is 0. The second-order valence-electron chi connectivity index (χ2n) is 6.78. The van der Waals surface area contributed by atoms with Crippen molar-refractivity contribution in [2.45, 2.75) is 47.7 Å². The summed E-state index contributed by atoms with van der Waals surface area (Å²) in [5.41, 5.74) is 2.19. The molecule has 0 unspecified atom stereocenters. The molecule has 168 valence electrons. The normalized spacial score (nSPS) is 11.3. The van der Waals surface area contributed by atoms with Crippen molar-refractivity contribution in [2.24, 2.45) is 4.99 Å². The van der Waals surface area contributed by atoms with Crippen LogP contribution >= 0.6 is 35.3 Å². The van der Waals surface area contributed by atoms with E-state index in [4.69, 9.17) is 9.73 Å². The number of nitrogens with zero attached hydrogens (tertiary/aromatic N) is 3. The monoisotopic (exact) mass is 545 g/mol. The van der Waals surface area contributed by atoms with Crippen LogP contribution in [0.15, 0.2) is 29.3 Å². The molecule has 6 nitrogen and oxygen atoms in total. The zero-order valence-electron chi connectivity index (χ0n) is 18.8. The van der Waals surface area contributed by atoms with E-state index in [2.05, 4.69) is 54.3 Å². The smallest absolute Gasteiger partial charge is 0.191 e. The SMILES string of the molecule is CCNC(=NCc1ccccc1OCCN(CC)CC)NCc1nc(C)c(C)s1.I. The number of aromatic nitrogens is 1. The summed E-state index contributed by atoms with van der Waals surface area (Å²) in [6, 6.07) is 8.14. The van der Waals surface area contributed by atoms with E-state index in [0.29, 0.717) is 19.7 Å². The molecule has 8 heteroatoms. The Morgan fingerprint density at radius 1 is 1.13 bits per heavy atom. The molecule has 0 aliphatic carbocycles. The molecule has 0 bridgehead atoms. The fraction of sp³-hybridized carbons (Fsp3) is 0.545. The van der Waals surface area contributed by atoms with E-state index in [0.717, 1.165) is 54.2 Å². The number of thiazole rings is 1. The highest BCUT2D eigenvalue weighted by molar-refractivity contribution is 14.0. The maximum atomic E-state index is 6.05. The number of hydrogen-bond acceptors (Lipinski definition) is 5. The summed E-state index contributed by atoms with van der Waals surface area (Å²) in [5, 5.41) is 7.76. The standard InChI is InChI=1S/C22H35N5OS.HI/c1-6-23-22(25-16-21-26-17(4)18(5)29-21)24-15-19-11-9-10-12-20(19)28-14-13-27(7-2)8-3;/h9-12H,6-8,13-16H2,1-5H3,(H2,23,24,25);1H. The second-order valence-corrected chi connectivity index (χ2v) is 8.07. The van der Waals surface area contributed by atoms with Crippen molar-refractivity contribution in [3.05, 3.63) is 45.4 Å². The number of benzene rings is 1. The van der Waals surface area contributed by atoms with Crippen LogP contribution in [0, 0.1) is 13.8 Å². The molecule has 0 saturated carbocycles. The van der Waals surface area contributed by atoms with Gasteiger partial charge >= 0.3 is 0 Å². The molecule has 2 aromatic rings. The van der Waals surface area contributed by atoms with Crippen LogP contribution in [0.5, 0.6) is 5.75 Å². The number of rotatable bonds is 11. The van der Waals surface area contributed by atoms with Crippen LogP contribution in [0.1, 0.15) is 41.9 Å². The lowest BCUT2D eigenvalue weighted by Gasteiger charge is -2.18. The zero-order chi connectivity index (χ0) is 21.1. The van der Waals surface area contributed by atoms with Crippen molar-refractivity contribution >= 4 is 41.3 Å². The molecule has 0 aliphatic heterocycles. The van der Waals surface area contributed by atoms with Gasteiger partial charge in [-0.3, -0.25) is 0 Å². The molecule has 0 atom stereocenters. The lowest BCUT2D eigenvalue weighted by atomic mass is 10.2. The van der Waals surface area contributed by atoms with E-state index in [1.54, 1.807) is 11.3 Å². The lowest BCUT2D eigenvalue weighted by molar-refractivity contribution is 0.221. The van der Waals surface area contributed by atoms with Crippen LogP contribution in [0.25, 0.3) is 0 Å². The fourth-order valence-electron chi connectivity index (χ4n) is 2.88. The van der Waals surface area contributed by atoms with Gasteiger partial charge in [0.05, 0.1) is 18.8 Å². The Bertz CT molecular complexity index is 757. The zero-order valence-corrected chi connectivity index (χ0v) is 22.0. The average Bonchev–Trinajstić information content (AvgIpc) is 3.05. The Morgan fingerprint density at radius 3 is 2.50 bits per heavy atom. The largest absolute Gasteiger partial charge is 0.492 e. The van der Waals surface area contributed by atoms with Gasteiger partial charge in [-0.25, -0.2) is 9.98 Å². The Kier molecular flexibility index (Phi) is 13.0. The molecule has 0 radical (unpaired) electrons. The van der Waals surface area contributed by atoms with Crippen molar-refractivity contribution in [3.8, 4) is 5.75 Å². The van der Waals surface area contributed by atoms with E-state index in [1.807, 2.05) is 25.1 Å². The minimum absolute atomic E-state index is 0. The van der Waals surface area contributed by atoms with Crippen LogP contribution in [0.4, 0.5) is 0 Å². The Morgan fingerprint density at radius 2 is 1.87 bits per heavy atom. The molecule has 1 aromatic heterocycles. The van der Waals surface area contributed by atoms with Gasteiger partial charge in [0.2, 0.25) is 0 Å². The molecule has 1 aromatic carbocycles. The minimum atomic E-state index is 0. The fourth-order valence-corrected chi connectivity index (χ4v) is 3.75. The first-order valence-electron chi connectivity index (χ1n) is 10.4. The van der Waals surface area contributed by atoms with E-state index in [-0.39, 0.29) is 24.0 Å². The lowest BCUT2D eigenvalue weighted by Crippen LogP contribution is -2.36. The summed E-state index contributed by atoms with van der Waals surface area (Å²) in [6.07, 6.45) is 0. The van der Waals surface area contributed by atoms with Crippen molar-refractivity contribution < 1.29 is 4.74 Å². The molecule has 30 heavy (non-hydrogen) atoms. The molecule has 0 spiro atoms. The molecule has 0 saturated heterocycles. The number of guanidine groups is 1. The number of hydrogen-bond donors (Lipinski definition) is 2. The quantitative estimate of drug-likeness (QED) is 0.250. The van der Waals surface area contributed by atoms with Crippen molar-refractivity contribution in [1.82, 2.24) is 20.5 Å². The third-order valence-electron chi connectivity index (χ3n) is 4.76. The molecule has 0 aliphatic rings. The Balaban J connectivity index is 0.00000450. The molecular formula is C22H36IN5OS. The molecule has 2 rings (SSSR count). The van der Waals surface area contributed by atoms with Gasteiger partial charge in [-0.15, -0.1) is 35.3 Å². The first-order valence-corrected chi connectivity index (χ1v) is 11.3. The number of likely N-dealkylation sites (N-methyl/N-ethyl adjacent to an activating group) is 1. The van der Waals surface area contributed by atoms with Gasteiger partial charge in [-0.2, -0.15) is 0 Å². The van der Waals surface area contributed by atoms with Crippen LogP contribution in [-0.4, -0.2) is 48.6 Å². The maximum Gasteiger partial charge on any atom is 0.191 e. The van der Waals surface area contributed by atoms with Crippen LogP contribution in [0.3, 0.4) is 0 Å². The van der Waals surface area contributed by atoms with Crippen molar-refractivity contribution in [3.63, 3.8) is 0 Å². The highest BCUT2D eigenvalue weighted by Gasteiger charge is 2.07. The summed E-state index contributed by atoms with van der Waals surface area (Å²) in [5.74, 6) is 1.70. The summed E-state index contributed by atoms with van der Waals surface area (Å²) < 4.78 is 6.05. The van der Waals surface area contributed by atoms with Crippen LogP contribution in [-0.2, 0) is 13.1 Å². The highest BCUT2D eigenvalue weighted by atomic mass is 127. The predicted octanol–water partition coefficient (Wildman–Crippen LogP) is 4.35. The molecule has 1 heterocycles. The first kappa shape index (κ1) is 26.6. The number of para-hydroxylation sites is 1. The molecule has 0 amide bonds. The van der Waals surface area contributed by atoms with Gasteiger partial charge in [0.1, 0.15) is 17.4 Å². The van der Waals surface area contributed by atoms with E-state index >= 15 is 0 Å². The number of nitrogens with one attached hydrogen (secondary N) is 2. The van der Waals surface area contributed by atoms with Gasteiger partial charge in [0.25, 0.3) is 0 Å². The number of ether oxygens (including phenoxy) is 1. The molecule has 2 N–H and O–H groups in total. The maximum absolute atomic E-state index is 6.05. The first-order chi connectivity index (χ1) is 14.1. The van der Waals surface area contributed by atoms with E-state index in [1.165, 1.54) is 4.88 Å². The summed E-state index contributed by atoms with van der Waals surface area (Å²) in [4.78, 5) is 13.0. The molecular weight excluding hydrogens is 509 g/mol. The van der Waals surface area contributed by atoms with E-state index < -0.39 is 0 Å². The van der Waals surface area contributed by atoms with Gasteiger partial charge in [0.15, 0.2) is 5.96 Å². The number of aryl methyl sites for hydroxylation is 2.